The number of hydrogen-bond acceptors (Lipinski definition) is 6. The minimum Gasteiger partial charge on any atom is -0.369 e. The predicted molar refractivity (Wildman–Crippen MR) is 130 cm³/mol. The fraction of sp³-hybridized carbons (Fsp3) is 0.320. The first-order valence-corrected chi connectivity index (χ1v) is 11.8. The van der Waals surface area contributed by atoms with Crippen LogP contribution in [-0.2, 0) is 20.1 Å². The van der Waals surface area contributed by atoms with Gasteiger partial charge in [-0.2, -0.15) is 0 Å². The number of piperidine rings is 1. The second kappa shape index (κ2) is 9.22. The Morgan fingerprint density at radius 2 is 2.03 bits per heavy atom. The number of aromatic nitrogens is 3. The van der Waals surface area contributed by atoms with Crippen LogP contribution in [0.25, 0.3) is 10.9 Å². The van der Waals surface area contributed by atoms with E-state index in [9.17, 15) is 4.79 Å². The van der Waals surface area contributed by atoms with Gasteiger partial charge in [-0.1, -0.05) is 12.1 Å². The first-order valence-electron chi connectivity index (χ1n) is 11.0. The number of benzene rings is 1. The van der Waals surface area contributed by atoms with Gasteiger partial charge >= 0.3 is 0 Å². The normalized spacial score (nSPS) is 16.7. The van der Waals surface area contributed by atoms with Crippen molar-refractivity contribution in [2.45, 2.75) is 32.0 Å². The van der Waals surface area contributed by atoms with Crippen LogP contribution in [0.15, 0.2) is 72.0 Å². The molecule has 164 valence electrons. The average molecular weight is 446 g/mol. The van der Waals surface area contributed by atoms with Crippen molar-refractivity contribution < 1.29 is 0 Å². The first-order chi connectivity index (χ1) is 15.7. The Bertz CT molecular complexity index is 1240. The minimum absolute atomic E-state index is 0.132. The smallest absolute Gasteiger partial charge is 0.193 e. The van der Waals surface area contributed by atoms with Crippen molar-refractivity contribution in [2.24, 2.45) is 7.05 Å². The number of anilines is 1. The molecule has 6 nitrogen and oxygen atoms in total. The number of rotatable bonds is 6. The van der Waals surface area contributed by atoms with Gasteiger partial charge in [0.15, 0.2) is 5.43 Å². The second-order valence-corrected chi connectivity index (χ2v) is 9.37. The van der Waals surface area contributed by atoms with Crippen molar-refractivity contribution in [1.82, 2.24) is 18.8 Å². The predicted octanol–water partition coefficient (Wildman–Crippen LogP) is 4.06. The van der Waals surface area contributed by atoms with Crippen LogP contribution in [0.5, 0.6) is 0 Å². The van der Waals surface area contributed by atoms with Crippen LogP contribution in [0.1, 0.15) is 23.3 Å². The molecule has 1 aliphatic rings. The summed E-state index contributed by atoms with van der Waals surface area (Å²) >= 11 is 1.53. The summed E-state index contributed by atoms with van der Waals surface area (Å²) in [6, 6.07) is 14.4. The summed E-state index contributed by atoms with van der Waals surface area (Å²) in [5.74, 6) is 0. The molecule has 0 N–H and O–H groups in total. The number of para-hydroxylation sites is 1. The van der Waals surface area contributed by atoms with Crippen molar-refractivity contribution >= 4 is 28.1 Å². The van der Waals surface area contributed by atoms with E-state index in [1.54, 1.807) is 0 Å². The molecule has 0 bridgehead atoms. The Balaban J connectivity index is 1.46. The second-order valence-electron chi connectivity index (χ2n) is 8.45. The van der Waals surface area contributed by atoms with Crippen molar-refractivity contribution in [2.75, 3.05) is 18.0 Å². The maximum absolute atomic E-state index is 13.3. The molecule has 1 saturated heterocycles. The highest BCUT2D eigenvalue weighted by atomic mass is 32.1. The molecule has 1 aliphatic heterocycles. The summed E-state index contributed by atoms with van der Waals surface area (Å²) in [6.07, 6.45) is 9.85. The van der Waals surface area contributed by atoms with E-state index >= 15 is 0 Å². The molecule has 5 rings (SSSR count). The lowest BCUT2D eigenvalue weighted by atomic mass is 10.0. The summed E-state index contributed by atoms with van der Waals surface area (Å²) in [6.45, 7) is 3.39. The molecule has 3 aromatic heterocycles. The van der Waals surface area contributed by atoms with Crippen LogP contribution in [0.2, 0.25) is 0 Å². The highest BCUT2D eigenvalue weighted by molar-refractivity contribution is 7.05. The molecule has 32 heavy (non-hydrogen) atoms. The summed E-state index contributed by atoms with van der Waals surface area (Å²) < 4.78 is 6.36. The molecule has 4 heterocycles. The van der Waals surface area contributed by atoms with Gasteiger partial charge < -0.3 is 9.47 Å². The van der Waals surface area contributed by atoms with Crippen LogP contribution < -0.4 is 10.3 Å². The van der Waals surface area contributed by atoms with Crippen LogP contribution in [0, 0.1) is 0 Å². The molecule has 0 amide bonds. The monoisotopic (exact) mass is 445 g/mol. The van der Waals surface area contributed by atoms with Gasteiger partial charge in [0.05, 0.1) is 17.4 Å². The quantitative estimate of drug-likeness (QED) is 0.448. The number of nitrogens with zero attached hydrogens (tertiary/aromatic N) is 5. The number of aryl methyl sites for hydroxylation is 1. The highest BCUT2D eigenvalue weighted by Crippen LogP contribution is 2.25. The maximum Gasteiger partial charge on any atom is 0.193 e. The molecule has 1 fully saturated rings. The van der Waals surface area contributed by atoms with E-state index in [4.69, 9.17) is 0 Å². The zero-order chi connectivity index (χ0) is 21.9. The van der Waals surface area contributed by atoms with Gasteiger partial charge in [-0.05, 0) is 54.7 Å². The largest absolute Gasteiger partial charge is 0.369 e. The molecule has 1 atom stereocenters. The standard InChI is InChI=1S/C25H27N5OS/c1-28-15-19(25(31)23-8-2-3-9-24(23)28)16-30(18-22-10-12-27-32-22)21-7-5-13-29(17-21)20-6-4-11-26-14-20/h2-4,6,8-12,14-15,21H,5,7,13,16-18H2,1H3/t21-/m0/s1. The molecule has 0 spiro atoms. The molecular formula is C25H27N5OS. The van der Waals surface area contributed by atoms with Gasteiger partial charge in [0, 0.05) is 73.7 Å². The van der Waals surface area contributed by atoms with E-state index in [1.807, 2.05) is 62.2 Å². The lowest BCUT2D eigenvalue weighted by Crippen LogP contribution is -2.48. The van der Waals surface area contributed by atoms with Crippen LogP contribution in [-0.4, -0.2) is 38.0 Å². The zero-order valence-corrected chi connectivity index (χ0v) is 19.0. The van der Waals surface area contributed by atoms with Crippen LogP contribution in [0.4, 0.5) is 5.69 Å². The lowest BCUT2D eigenvalue weighted by Gasteiger charge is -2.40. The zero-order valence-electron chi connectivity index (χ0n) is 18.2. The molecule has 0 saturated carbocycles. The Labute approximate surface area is 191 Å². The van der Waals surface area contributed by atoms with E-state index in [0.717, 1.165) is 54.6 Å². The number of fused-ring (bicyclic) bond motifs is 1. The Hall–Kier alpha value is -3.03. The average Bonchev–Trinajstić information content (AvgIpc) is 3.36. The van der Waals surface area contributed by atoms with Crippen molar-refractivity contribution in [3.63, 3.8) is 0 Å². The van der Waals surface area contributed by atoms with E-state index in [2.05, 4.69) is 35.9 Å². The molecule has 0 unspecified atom stereocenters. The van der Waals surface area contributed by atoms with Gasteiger partial charge in [0.2, 0.25) is 0 Å². The summed E-state index contributed by atoms with van der Waals surface area (Å²) in [4.78, 5) is 23.7. The van der Waals surface area contributed by atoms with Gasteiger partial charge in [0.1, 0.15) is 0 Å². The van der Waals surface area contributed by atoms with Crippen LogP contribution in [0.3, 0.4) is 0 Å². The van der Waals surface area contributed by atoms with Gasteiger partial charge in [-0.3, -0.25) is 14.7 Å². The first kappa shape index (κ1) is 20.8. The SMILES string of the molecule is Cn1cc(CN(Cc2ccns2)[C@H]2CCCN(c3cccnc3)C2)c(=O)c2ccccc21. The van der Waals surface area contributed by atoms with E-state index < -0.39 is 0 Å². The Kier molecular flexibility index (Phi) is 6.01. The molecule has 4 aromatic rings. The third kappa shape index (κ3) is 4.31. The van der Waals surface area contributed by atoms with Gasteiger partial charge in [-0.15, -0.1) is 0 Å². The van der Waals surface area contributed by atoms with Gasteiger partial charge in [-0.25, -0.2) is 4.37 Å². The summed E-state index contributed by atoms with van der Waals surface area (Å²) in [7, 11) is 2.02. The number of hydrogen-bond donors (Lipinski definition) is 0. The van der Waals surface area contributed by atoms with Crippen molar-refractivity contribution in [3.8, 4) is 0 Å². The van der Waals surface area contributed by atoms with Crippen LogP contribution >= 0.6 is 11.5 Å². The lowest BCUT2D eigenvalue weighted by molar-refractivity contribution is 0.159. The maximum atomic E-state index is 13.3. The highest BCUT2D eigenvalue weighted by Gasteiger charge is 2.27. The summed E-state index contributed by atoms with van der Waals surface area (Å²) in [5.41, 5.74) is 3.11. The third-order valence-electron chi connectivity index (χ3n) is 6.32. The fourth-order valence-corrected chi connectivity index (χ4v) is 5.31. The molecule has 0 radical (unpaired) electrons. The Morgan fingerprint density at radius 1 is 1.12 bits per heavy atom. The topological polar surface area (TPSA) is 54.3 Å². The summed E-state index contributed by atoms with van der Waals surface area (Å²) in [5, 5.41) is 0.783. The fourth-order valence-electron chi connectivity index (χ4n) is 4.71. The van der Waals surface area contributed by atoms with Crippen molar-refractivity contribution in [1.29, 1.82) is 0 Å². The molecule has 1 aromatic carbocycles. The molecule has 7 heteroatoms. The number of pyridine rings is 2. The van der Waals surface area contributed by atoms with E-state index in [1.165, 1.54) is 16.4 Å². The Morgan fingerprint density at radius 3 is 2.84 bits per heavy atom. The molecule has 0 aliphatic carbocycles. The van der Waals surface area contributed by atoms with E-state index in [0.29, 0.717) is 12.6 Å². The van der Waals surface area contributed by atoms with Crippen molar-refractivity contribution in [3.05, 3.63) is 87.9 Å². The third-order valence-corrected chi connectivity index (χ3v) is 7.04. The minimum atomic E-state index is 0.132. The van der Waals surface area contributed by atoms with Gasteiger partial charge in [0.25, 0.3) is 0 Å². The molecular weight excluding hydrogens is 418 g/mol. The van der Waals surface area contributed by atoms with E-state index in [-0.39, 0.29) is 5.43 Å².